The van der Waals surface area contributed by atoms with Crippen LogP contribution in [0.1, 0.15) is 17.3 Å². The average Bonchev–Trinajstić information content (AvgIpc) is 2.35. The highest BCUT2D eigenvalue weighted by molar-refractivity contribution is 5.12. The van der Waals surface area contributed by atoms with Gasteiger partial charge in [0.1, 0.15) is 0 Å². The quantitative estimate of drug-likeness (QED) is 0.672. The summed E-state index contributed by atoms with van der Waals surface area (Å²) in [6.07, 6.45) is 1.83. The first-order chi connectivity index (χ1) is 5.69. The standard InChI is InChI=1S/C8H14N2O2/c1-6-3-10(9-7(6)2)8(4-11)5-12/h3,8,11-12H,4-5H2,1-2H3. The van der Waals surface area contributed by atoms with Gasteiger partial charge in [0.05, 0.1) is 24.9 Å². The van der Waals surface area contributed by atoms with Gasteiger partial charge in [0.25, 0.3) is 0 Å². The van der Waals surface area contributed by atoms with Crippen molar-refractivity contribution in [2.24, 2.45) is 0 Å². The monoisotopic (exact) mass is 170 g/mol. The van der Waals surface area contributed by atoms with Gasteiger partial charge in [-0.1, -0.05) is 0 Å². The van der Waals surface area contributed by atoms with E-state index in [2.05, 4.69) is 5.10 Å². The lowest BCUT2D eigenvalue weighted by Gasteiger charge is -2.10. The van der Waals surface area contributed by atoms with E-state index in [4.69, 9.17) is 10.2 Å². The van der Waals surface area contributed by atoms with Crippen LogP contribution in [0.25, 0.3) is 0 Å². The van der Waals surface area contributed by atoms with Crippen LogP contribution < -0.4 is 0 Å². The summed E-state index contributed by atoms with van der Waals surface area (Å²) in [5.41, 5.74) is 2.00. The van der Waals surface area contributed by atoms with Crippen molar-refractivity contribution in [3.8, 4) is 0 Å². The topological polar surface area (TPSA) is 58.3 Å². The summed E-state index contributed by atoms with van der Waals surface area (Å²) in [6.45, 7) is 3.68. The van der Waals surface area contributed by atoms with E-state index in [-0.39, 0.29) is 19.3 Å². The van der Waals surface area contributed by atoms with Crippen molar-refractivity contribution in [3.05, 3.63) is 17.5 Å². The normalized spacial score (nSPS) is 11.1. The Kier molecular flexibility index (Phi) is 2.83. The third-order valence-electron chi connectivity index (χ3n) is 1.96. The van der Waals surface area contributed by atoms with Gasteiger partial charge in [-0.15, -0.1) is 0 Å². The Hall–Kier alpha value is -0.870. The Labute approximate surface area is 71.5 Å². The Bertz CT molecular complexity index is 234. The van der Waals surface area contributed by atoms with Gasteiger partial charge in [0.15, 0.2) is 0 Å². The molecule has 0 aromatic carbocycles. The van der Waals surface area contributed by atoms with E-state index in [1.54, 1.807) is 4.68 Å². The molecule has 0 saturated carbocycles. The molecule has 0 fully saturated rings. The Balaban J connectivity index is 2.86. The fourth-order valence-corrected chi connectivity index (χ4v) is 0.985. The van der Waals surface area contributed by atoms with E-state index in [0.717, 1.165) is 11.3 Å². The third-order valence-corrected chi connectivity index (χ3v) is 1.96. The molecule has 4 nitrogen and oxygen atoms in total. The van der Waals surface area contributed by atoms with Crippen LogP contribution in [-0.4, -0.2) is 33.2 Å². The van der Waals surface area contributed by atoms with Crippen LogP contribution in [0.4, 0.5) is 0 Å². The summed E-state index contributed by atoms with van der Waals surface area (Å²) in [5, 5.41) is 21.9. The maximum atomic E-state index is 8.86. The van der Waals surface area contributed by atoms with Gasteiger partial charge < -0.3 is 10.2 Å². The molecule has 12 heavy (non-hydrogen) atoms. The number of rotatable bonds is 3. The van der Waals surface area contributed by atoms with Crippen LogP contribution in [-0.2, 0) is 0 Å². The number of hydrogen-bond donors (Lipinski definition) is 2. The van der Waals surface area contributed by atoms with E-state index >= 15 is 0 Å². The number of aromatic nitrogens is 2. The van der Waals surface area contributed by atoms with Crippen molar-refractivity contribution in [2.45, 2.75) is 19.9 Å². The van der Waals surface area contributed by atoms with Crippen molar-refractivity contribution in [1.82, 2.24) is 9.78 Å². The molecule has 0 bridgehead atoms. The molecular formula is C8H14N2O2. The number of aliphatic hydroxyl groups excluding tert-OH is 2. The van der Waals surface area contributed by atoms with Crippen LogP contribution in [0.5, 0.6) is 0 Å². The maximum Gasteiger partial charge on any atom is 0.0980 e. The summed E-state index contributed by atoms with van der Waals surface area (Å²) in [5.74, 6) is 0. The molecule has 2 N–H and O–H groups in total. The molecule has 0 amide bonds. The van der Waals surface area contributed by atoms with Gasteiger partial charge in [0, 0.05) is 6.20 Å². The van der Waals surface area contributed by atoms with Crippen LogP contribution in [0.15, 0.2) is 6.20 Å². The maximum absolute atomic E-state index is 8.86. The minimum atomic E-state index is -0.308. The summed E-state index contributed by atoms with van der Waals surface area (Å²) in [4.78, 5) is 0. The summed E-state index contributed by atoms with van der Waals surface area (Å²) >= 11 is 0. The molecule has 0 atom stereocenters. The molecule has 1 rings (SSSR count). The van der Waals surface area contributed by atoms with Gasteiger partial charge >= 0.3 is 0 Å². The lowest BCUT2D eigenvalue weighted by Crippen LogP contribution is -2.17. The van der Waals surface area contributed by atoms with Crippen molar-refractivity contribution >= 4 is 0 Å². The fourth-order valence-electron chi connectivity index (χ4n) is 0.985. The zero-order chi connectivity index (χ0) is 9.14. The van der Waals surface area contributed by atoms with Crippen LogP contribution >= 0.6 is 0 Å². The lowest BCUT2D eigenvalue weighted by molar-refractivity contribution is 0.146. The largest absolute Gasteiger partial charge is 0.394 e. The van der Waals surface area contributed by atoms with E-state index in [1.165, 1.54) is 0 Å². The number of hydrogen-bond acceptors (Lipinski definition) is 3. The minimum Gasteiger partial charge on any atom is -0.394 e. The van der Waals surface area contributed by atoms with E-state index < -0.39 is 0 Å². The zero-order valence-corrected chi connectivity index (χ0v) is 7.36. The number of aryl methyl sites for hydroxylation is 2. The smallest absolute Gasteiger partial charge is 0.0980 e. The van der Waals surface area contributed by atoms with Crippen molar-refractivity contribution in [2.75, 3.05) is 13.2 Å². The molecule has 0 saturated heterocycles. The molecule has 1 heterocycles. The molecule has 0 aliphatic carbocycles. The Morgan fingerprint density at radius 3 is 2.33 bits per heavy atom. The SMILES string of the molecule is Cc1cn(C(CO)CO)nc1C. The van der Waals surface area contributed by atoms with Gasteiger partial charge in [0.2, 0.25) is 0 Å². The Morgan fingerprint density at radius 1 is 1.42 bits per heavy atom. The first kappa shape index (κ1) is 9.22. The molecule has 0 aliphatic rings. The second-order valence-corrected chi connectivity index (χ2v) is 2.90. The number of aliphatic hydroxyl groups is 2. The van der Waals surface area contributed by atoms with E-state index in [1.807, 2.05) is 20.0 Å². The summed E-state index contributed by atoms with van der Waals surface area (Å²) < 4.78 is 1.60. The highest BCUT2D eigenvalue weighted by Crippen LogP contribution is 2.08. The molecule has 0 aliphatic heterocycles. The van der Waals surface area contributed by atoms with Crippen LogP contribution in [0.3, 0.4) is 0 Å². The van der Waals surface area contributed by atoms with Crippen LogP contribution in [0.2, 0.25) is 0 Å². The van der Waals surface area contributed by atoms with Crippen molar-refractivity contribution < 1.29 is 10.2 Å². The van der Waals surface area contributed by atoms with E-state index in [0.29, 0.717) is 0 Å². The van der Waals surface area contributed by atoms with Gasteiger partial charge in [-0.3, -0.25) is 4.68 Å². The second kappa shape index (κ2) is 3.69. The Morgan fingerprint density at radius 2 is 2.00 bits per heavy atom. The second-order valence-electron chi connectivity index (χ2n) is 2.90. The van der Waals surface area contributed by atoms with Crippen molar-refractivity contribution in [3.63, 3.8) is 0 Å². The predicted octanol–water partition coefficient (Wildman–Crippen LogP) is 0.0256. The molecule has 4 heteroatoms. The molecule has 0 spiro atoms. The highest BCUT2D eigenvalue weighted by atomic mass is 16.3. The van der Waals surface area contributed by atoms with Gasteiger partial charge in [-0.05, 0) is 19.4 Å². The minimum absolute atomic E-state index is 0.0862. The molecule has 1 aromatic rings. The molecular weight excluding hydrogens is 156 g/mol. The number of nitrogens with zero attached hydrogens (tertiary/aromatic N) is 2. The van der Waals surface area contributed by atoms with Crippen molar-refractivity contribution in [1.29, 1.82) is 0 Å². The van der Waals surface area contributed by atoms with Gasteiger partial charge in [-0.25, -0.2) is 0 Å². The lowest BCUT2D eigenvalue weighted by atomic mass is 10.3. The highest BCUT2D eigenvalue weighted by Gasteiger charge is 2.10. The molecule has 1 aromatic heterocycles. The fraction of sp³-hybridized carbons (Fsp3) is 0.625. The van der Waals surface area contributed by atoms with Crippen LogP contribution in [0, 0.1) is 13.8 Å². The third kappa shape index (κ3) is 1.65. The van der Waals surface area contributed by atoms with Gasteiger partial charge in [-0.2, -0.15) is 5.10 Å². The average molecular weight is 170 g/mol. The first-order valence-electron chi connectivity index (χ1n) is 3.93. The summed E-state index contributed by atoms with van der Waals surface area (Å²) in [6, 6.07) is -0.308. The molecule has 0 radical (unpaired) electrons. The van der Waals surface area contributed by atoms with E-state index in [9.17, 15) is 0 Å². The predicted molar refractivity (Wildman–Crippen MR) is 44.9 cm³/mol. The zero-order valence-electron chi connectivity index (χ0n) is 7.36. The first-order valence-corrected chi connectivity index (χ1v) is 3.93. The molecule has 0 unspecified atom stereocenters. The molecule has 68 valence electrons. The summed E-state index contributed by atoms with van der Waals surface area (Å²) in [7, 11) is 0.